The lowest BCUT2D eigenvalue weighted by Gasteiger charge is -2.32. The molecule has 1 aromatic rings. The van der Waals surface area contributed by atoms with E-state index in [9.17, 15) is 0 Å². The number of aryl methyl sites for hydroxylation is 1. The Morgan fingerprint density at radius 3 is 2.68 bits per heavy atom. The van der Waals surface area contributed by atoms with E-state index < -0.39 is 0 Å². The van der Waals surface area contributed by atoms with E-state index in [1.807, 2.05) is 0 Å². The molecule has 19 heavy (non-hydrogen) atoms. The van der Waals surface area contributed by atoms with Crippen LogP contribution in [0.25, 0.3) is 0 Å². The lowest BCUT2D eigenvalue weighted by molar-refractivity contribution is 0.147. The highest BCUT2D eigenvalue weighted by molar-refractivity contribution is 5.21. The summed E-state index contributed by atoms with van der Waals surface area (Å²) in [6.45, 7) is 8.68. The van der Waals surface area contributed by atoms with Gasteiger partial charge in [-0.3, -0.25) is 4.90 Å². The van der Waals surface area contributed by atoms with Gasteiger partial charge in [0.25, 0.3) is 0 Å². The molecule has 0 atom stereocenters. The van der Waals surface area contributed by atoms with E-state index in [-0.39, 0.29) is 0 Å². The minimum Gasteiger partial charge on any atom is -0.465 e. The molecule has 1 aliphatic carbocycles. The van der Waals surface area contributed by atoms with Gasteiger partial charge >= 0.3 is 0 Å². The van der Waals surface area contributed by atoms with Crippen molar-refractivity contribution < 1.29 is 4.42 Å². The summed E-state index contributed by atoms with van der Waals surface area (Å²) in [6, 6.07) is 2.98. The van der Waals surface area contributed by atoms with Gasteiger partial charge < -0.3 is 14.6 Å². The van der Waals surface area contributed by atoms with Gasteiger partial charge in [0.1, 0.15) is 11.5 Å². The highest BCUT2D eigenvalue weighted by atomic mass is 16.3. The number of hydrogen-bond donors (Lipinski definition) is 1. The number of nitrogens with zero attached hydrogens (tertiary/aromatic N) is 2. The van der Waals surface area contributed by atoms with Crippen molar-refractivity contribution in [2.75, 3.05) is 33.2 Å². The first-order valence-electron chi connectivity index (χ1n) is 7.43. The maximum absolute atomic E-state index is 5.86. The molecule has 2 heterocycles. The van der Waals surface area contributed by atoms with Crippen LogP contribution in [-0.4, -0.2) is 49.1 Å². The second-order valence-corrected chi connectivity index (χ2v) is 6.03. The number of furan rings is 1. The molecule has 0 spiro atoms. The van der Waals surface area contributed by atoms with Gasteiger partial charge in [-0.2, -0.15) is 0 Å². The molecule has 0 unspecified atom stereocenters. The van der Waals surface area contributed by atoms with Crippen molar-refractivity contribution in [1.29, 1.82) is 0 Å². The zero-order valence-corrected chi connectivity index (χ0v) is 12.1. The fraction of sp³-hybridized carbons (Fsp3) is 0.733. The molecule has 1 aliphatic heterocycles. The van der Waals surface area contributed by atoms with Crippen molar-refractivity contribution in [3.05, 3.63) is 23.2 Å². The van der Waals surface area contributed by atoms with Gasteiger partial charge in [-0.15, -0.1) is 0 Å². The largest absolute Gasteiger partial charge is 0.465 e. The van der Waals surface area contributed by atoms with E-state index in [0.29, 0.717) is 0 Å². The molecular formula is C15H25N3O. The maximum atomic E-state index is 5.86. The Bertz CT molecular complexity index is 417. The molecule has 1 aromatic heterocycles. The van der Waals surface area contributed by atoms with Crippen molar-refractivity contribution in [3.63, 3.8) is 0 Å². The quantitative estimate of drug-likeness (QED) is 0.874. The fourth-order valence-corrected chi connectivity index (χ4v) is 2.61. The molecule has 4 nitrogen and oxygen atoms in total. The van der Waals surface area contributed by atoms with Gasteiger partial charge in [-0.1, -0.05) is 0 Å². The maximum Gasteiger partial charge on any atom is 0.118 e. The number of hydrogen-bond acceptors (Lipinski definition) is 4. The van der Waals surface area contributed by atoms with Crippen LogP contribution in [0, 0.1) is 6.92 Å². The Morgan fingerprint density at radius 1 is 1.26 bits per heavy atom. The van der Waals surface area contributed by atoms with Crippen LogP contribution in [0.5, 0.6) is 0 Å². The van der Waals surface area contributed by atoms with Gasteiger partial charge in [0.05, 0.1) is 6.54 Å². The Morgan fingerprint density at radius 2 is 2.00 bits per heavy atom. The summed E-state index contributed by atoms with van der Waals surface area (Å²) in [5.74, 6) is 2.18. The van der Waals surface area contributed by atoms with Gasteiger partial charge in [0.2, 0.25) is 0 Å². The van der Waals surface area contributed by atoms with E-state index >= 15 is 0 Å². The van der Waals surface area contributed by atoms with E-state index in [2.05, 4.69) is 35.2 Å². The van der Waals surface area contributed by atoms with Crippen LogP contribution >= 0.6 is 0 Å². The zero-order valence-electron chi connectivity index (χ0n) is 12.1. The third-order valence-corrected chi connectivity index (χ3v) is 4.20. The average Bonchev–Trinajstić information content (AvgIpc) is 3.16. The number of likely N-dealkylation sites (N-methyl/N-ethyl adjacent to an activating group) is 1. The summed E-state index contributed by atoms with van der Waals surface area (Å²) in [6.07, 6.45) is 2.65. The molecule has 1 saturated carbocycles. The molecule has 0 bridgehead atoms. The number of rotatable bonds is 5. The highest BCUT2D eigenvalue weighted by Gasteiger charge is 2.21. The van der Waals surface area contributed by atoms with Gasteiger partial charge in [0.15, 0.2) is 0 Å². The first-order valence-corrected chi connectivity index (χ1v) is 7.43. The minimum absolute atomic E-state index is 0.742. The summed E-state index contributed by atoms with van der Waals surface area (Å²) in [5.41, 5.74) is 1.36. The summed E-state index contributed by atoms with van der Waals surface area (Å²) in [7, 11) is 2.20. The highest BCUT2D eigenvalue weighted by Crippen LogP contribution is 2.21. The third-order valence-electron chi connectivity index (χ3n) is 4.20. The summed E-state index contributed by atoms with van der Waals surface area (Å²) in [5, 5.41) is 3.51. The summed E-state index contributed by atoms with van der Waals surface area (Å²) in [4.78, 5) is 4.92. The minimum atomic E-state index is 0.742. The van der Waals surface area contributed by atoms with Crippen molar-refractivity contribution in [3.8, 4) is 0 Å². The van der Waals surface area contributed by atoms with Crippen LogP contribution < -0.4 is 5.32 Å². The molecule has 1 N–H and O–H groups in total. The van der Waals surface area contributed by atoms with E-state index in [0.717, 1.165) is 43.7 Å². The van der Waals surface area contributed by atoms with Gasteiger partial charge in [0, 0.05) is 44.3 Å². The van der Waals surface area contributed by atoms with Crippen LogP contribution in [0.2, 0.25) is 0 Å². The monoisotopic (exact) mass is 263 g/mol. The molecule has 2 fully saturated rings. The van der Waals surface area contributed by atoms with E-state index in [1.165, 1.54) is 31.5 Å². The molecule has 3 rings (SSSR count). The van der Waals surface area contributed by atoms with Crippen LogP contribution in [0.15, 0.2) is 10.5 Å². The van der Waals surface area contributed by atoms with E-state index in [1.54, 1.807) is 0 Å². The number of nitrogens with one attached hydrogen (secondary N) is 1. The van der Waals surface area contributed by atoms with Gasteiger partial charge in [-0.25, -0.2) is 0 Å². The molecule has 4 heteroatoms. The second-order valence-electron chi connectivity index (χ2n) is 6.03. The second kappa shape index (κ2) is 5.65. The normalized spacial score (nSPS) is 22.0. The predicted octanol–water partition coefficient (Wildman–Crippen LogP) is 1.59. The Hall–Kier alpha value is -0.840. The average molecular weight is 263 g/mol. The van der Waals surface area contributed by atoms with E-state index in [4.69, 9.17) is 4.42 Å². The Kier molecular flexibility index (Phi) is 3.91. The van der Waals surface area contributed by atoms with Gasteiger partial charge in [-0.05, 0) is 32.9 Å². The topological polar surface area (TPSA) is 31.7 Å². The van der Waals surface area contributed by atoms with Crippen molar-refractivity contribution in [2.24, 2.45) is 0 Å². The first-order chi connectivity index (χ1) is 9.20. The summed E-state index contributed by atoms with van der Waals surface area (Å²) < 4.78 is 5.86. The molecular weight excluding hydrogens is 238 g/mol. The first kappa shape index (κ1) is 13.2. The lowest BCUT2D eigenvalue weighted by Crippen LogP contribution is -2.43. The molecule has 0 radical (unpaired) electrons. The molecule has 2 aliphatic rings. The smallest absolute Gasteiger partial charge is 0.118 e. The van der Waals surface area contributed by atoms with Crippen LogP contribution in [-0.2, 0) is 13.1 Å². The molecule has 0 aromatic carbocycles. The molecule has 1 saturated heterocycles. The SMILES string of the molecule is Cc1oc(CNC2CC2)cc1CN1CCN(C)CC1. The van der Waals surface area contributed by atoms with Crippen molar-refractivity contribution in [2.45, 2.75) is 38.9 Å². The zero-order chi connectivity index (χ0) is 13.2. The standard InChI is InChI=1S/C15H25N3O/c1-12-13(11-18-7-5-17(2)6-8-18)9-15(19-12)10-16-14-3-4-14/h9,14,16H,3-8,10-11H2,1-2H3. The van der Waals surface area contributed by atoms with Crippen LogP contribution in [0.4, 0.5) is 0 Å². The van der Waals surface area contributed by atoms with Crippen LogP contribution in [0.3, 0.4) is 0 Å². The van der Waals surface area contributed by atoms with Crippen molar-refractivity contribution in [1.82, 2.24) is 15.1 Å². The predicted molar refractivity (Wildman–Crippen MR) is 76.1 cm³/mol. The van der Waals surface area contributed by atoms with Crippen LogP contribution in [0.1, 0.15) is 29.9 Å². The lowest BCUT2D eigenvalue weighted by atomic mass is 10.2. The fourth-order valence-electron chi connectivity index (χ4n) is 2.61. The Balaban J connectivity index is 1.54. The Labute approximate surface area is 115 Å². The third kappa shape index (κ3) is 3.59. The molecule has 0 amide bonds. The van der Waals surface area contributed by atoms with Crippen molar-refractivity contribution >= 4 is 0 Å². The number of piperazine rings is 1. The molecule has 106 valence electrons. The summed E-state index contributed by atoms with van der Waals surface area (Å²) >= 11 is 0.